The summed E-state index contributed by atoms with van der Waals surface area (Å²) in [6.45, 7) is 1.68. The van der Waals surface area contributed by atoms with E-state index in [9.17, 15) is 0 Å². The van der Waals surface area contributed by atoms with Crippen molar-refractivity contribution in [1.29, 1.82) is 0 Å². The van der Waals surface area contributed by atoms with Crippen LogP contribution in [0, 0.1) is 0 Å². The fraction of sp³-hybridized carbons (Fsp3) is 0.375. The van der Waals surface area contributed by atoms with Gasteiger partial charge in [-0.15, -0.1) is 0 Å². The molecule has 0 amide bonds. The van der Waals surface area contributed by atoms with Crippen LogP contribution in [0.3, 0.4) is 0 Å². The van der Waals surface area contributed by atoms with Crippen molar-refractivity contribution in [3.05, 3.63) is 40.1 Å². The molecule has 4 rings (SSSR count). The predicted octanol–water partition coefficient (Wildman–Crippen LogP) is 3.31. The van der Waals surface area contributed by atoms with Crippen molar-refractivity contribution in [2.24, 2.45) is 0 Å². The van der Waals surface area contributed by atoms with E-state index in [2.05, 4.69) is 22.1 Å². The topological polar surface area (TPSA) is 39.7 Å². The molecule has 1 saturated carbocycles. The van der Waals surface area contributed by atoms with Gasteiger partial charge in [0.05, 0.1) is 0 Å². The minimum Gasteiger partial charge on any atom is -0.488 e. The minimum atomic E-state index is 0.290. The maximum atomic E-state index is 5.99. The molecule has 0 saturated heterocycles. The highest BCUT2D eigenvalue weighted by Gasteiger charge is 2.22. The van der Waals surface area contributed by atoms with Gasteiger partial charge < -0.3 is 19.5 Å². The summed E-state index contributed by atoms with van der Waals surface area (Å²) in [4.78, 5) is 0. The van der Waals surface area contributed by atoms with Crippen molar-refractivity contribution in [2.45, 2.75) is 32.0 Å². The Labute approximate surface area is 127 Å². The van der Waals surface area contributed by atoms with Crippen molar-refractivity contribution < 1.29 is 14.2 Å². The number of fused-ring (bicyclic) bond motifs is 1. The van der Waals surface area contributed by atoms with Gasteiger partial charge in [-0.3, -0.25) is 0 Å². The van der Waals surface area contributed by atoms with E-state index in [0.717, 1.165) is 29.4 Å². The summed E-state index contributed by atoms with van der Waals surface area (Å²) in [5.74, 6) is 2.45. The van der Waals surface area contributed by atoms with E-state index < -0.39 is 0 Å². The van der Waals surface area contributed by atoms with Crippen molar-refractivity contribution in [3.8, 4) is 17.2 Å². The lowest BCUT2D eigenvalue weighted by atomic mass is 10.1. The fourth-order valence-electron chi connectivity index (χ4n) is 2.32. The van der Waals surface area contributed by atoms with Gasteiger partial charge in [0.1, 0.15) is 12.4 Å². The third kappa shape index (κ3) is 2.99. The van der Waals surface area contributed by atoms with Gasteiger partial charge in [-0.1, -0.05) is 0 Å². The maximum Gasteiger partial charge on any atom is 0.231 e. The molecule has 110 valence electrons. The van der Waals surface area contributed by atoms with E-state index >= 15 is 0 Å². The van der Waals surface area contributed by atoms with Gasteiger partial charge in [-0.25, -0.2) is 0 Å². The molecule has 0 atom stereocenters. The molecule has 2 aliphatic rings. The van der Waals surface area contributed by atoms with Crippen LogP contribution in [-0.4, -0.2) is 12.8 Å². The third-order valence-corrected chi connectivity index (χ3v) is 4.42. The molecule has 0 radical (unpaired) electrons. The van der Waals surface area contributed by atoms with Gasteiger partial charge in [0, 0.05) is 24.2 Å². The van der Waals surface area contributed by atoms with Crippen LogP contribution in [0.5, 0.6) is 17.2 Å². The number of benzene rings is 1. The largest absolute Gasteiger partial charge is 0.488 e. The SMILES string of the molecule is c1cc(COc2cc3c(cc2CNC2CC2)OCO3)cs1. The Morgan fingerprint density at radius 1 is 1.24 bits per heavy atom. The predicted molar refractivity (Wildman–Crippen MR) is 81.1 cm³/mol. The Hall–Kier alpha value is -1.72. The first-order valence-electron chi connectivity index (χ1n) is 7.18. The van der Waals surface area contributed by atoms with Crippen LogP contribution in [0.4, 0.5) is 0 Å². The second-order valence-electron chi connectivity index (χ2n) is 5.39. The number of hydrogen-bond acceptors (Lipinski definition) is 5. The molecule has 1 aromatic carbocycles. The highest BCUT2D eigenvalue weighted by molar-refractivity contribution is 7.07. The number of ether oxygens (including phenoxy) is 3. The van der Waals surface area contributed by atoms with Crippen molar-refractivity contribution >= 4 is 11.3 Å². The zero-order valence-corrected chi connectivity index (χ0v) is 12.4. The zero-order valence-electron chi connectivity index (χ0n) is 11.6. The second-order valence-corrected chi connectivity index (χ2v) is 6.17. The van der Waals surface area contributed by atoms with Crippen LogP contribution < -0.4 is 19.5 Å². The van der Waals surface area contributed by atoms with E-state index in [1.807, 2.05) is 12.1 Å². The van der Waals surface area contributed by atoms with Crippen LogP contribution in [0.2, 0.25) is 0 Å². The van der Waals surface area contributed by atoms with E-state index in [0.29, 0.717) is 19.4 Å². The van der Waals surface area contributed by atoms with Crippen LogP contribution in [-0.2, 0) is 13.2 Å². The maximum absolute atomic E-state index is 5.99. The fourth-order valence-corrected chi connectivity index (χ4v) is 2.97. The van der Waals surface area contributed by atoms with Gasteiger partial charge >= 0.3 is 0 Å². The molecule has 4 nitrogen and oxygen atoms in total. The van der Waals surface area contributed by atoms with E-state index in [1.165, 1.54) is 18.4 Å². The molecule has 1 aliphatic carbocycles. The molecule has 2 heterocycles. The summed E-state index contributed by atoms with van der Waals surface area (Å²) in [7, 11) is 0. The summed E-state index contributed by atoms with van der Waals surface area (Å²) < 4.78 is 16.9. The molecule has 21 heavy (non-hydrogen) atoms. The summed E-state index contributed by atoms with van der Waals surface area (Å²) in [6, 6.07) is 6.72. The first kappa shape index (κ1) is 13.0. The van der Waals surface area contributed by atoms with Crippen LogP contribution in [0.25, 0.3) is 0 Å². The van der Waals surface area contributed by atoms with Crippen LogP contribution in [0.15, 0.2) is 29.0 Å². The highest BCUT2D eigenvalue weighted by Crippen LogP contribution is 2.38. The normalized spacial score (nSPS) is 16.2. The minimum absolute atomic E-state index is 0.290. The third-order valence-electron chi connectivity index (χ3n) is 3.69. The molecule has 1 aliphatic heterocycles. The van der Waals surface area contributed by atoms with Crippen molar-refractivity contribution in [2.75, 3.05) is 6.79 Å². The molecule has 0 spiro atoms. The number of hydrogen-bond donors (Lipinski definition) is 1. The molecular weight excluding hydrogens is 286 g/mol. The molecule has 1 fully saturated rings. The summed E-state index contributed by atoms with van der Waals surface area (Å²) in [6.07, 6.45) is 2.55. The second kappa shape index (κ2) is 5.58. The molecule has 1 aromatic heterocycles. The Balaban J connectivity index is 1.53. The molecule has 5 heteroatoms. The van der Waals surface area contributed by atoms with Crippen LogP contribution >= 0.6 is 11.3 Å². The number of thiophene rings is 1. The lowest BCUT2D eigenvalue weighted by Gasteiger charge is -2.13. The lowest BCUT2D eigenvalue weighted by molar-refractivity contribution is 0.173. The molecular formula is C16H17NO3S. The average molecular weight is 303 g/mol. The van der Waals surface area contributed by atoms with Crippen molar-refractivity contribution in [3.63, 3.8) is 0 Å². The smallest absolute Gasteiger partial charge is 0.231 e. The number of rotatable bonds is 6. The molecule has 0 bridgehead atoms. The van der Waals surface area contributed by atoms with E-state index in [1.54, 1.807) is 11.3 Å². The highest BCUT2D eigenvalue weighted by atomic mass is 32.1. The number of nitrogens with one attached hydrogen (secondary N) is 1. The van der Waals surface area contributed by atoms with Gasteiger partial charge in [0.15, 0.2) is 11.5 Å². The Morgan fingerprint density at radius 3 is 2.86 bits per heavy atom. The Kier molecular flexibility index (Phi) is 3.45. The van der Waals surface area contributed by atoms with Crippen LogP contribution in [0.1, 0.15) is 24.0 Å². The van der Waals surface area contributed by atoms with Gasteiger partial charge in [0.2, 0.25) is 6.79 Å². The summed E-state index contributed by atoms with van der Waals surface area (Å²) in [5.41, 5.74) is 2.32. The van der Waals surface area contributed by atoms with Gasteiger partial charge in [-0.05, 0) is 41.3 Å². The molecule has 1 N–H and O–H groups in total. The van der Waals surface area contributed by atoms with Gasteiger partial charge in [0.25, 0.3) is 0 Å². The van der Waals surface area contributed by atoms with E-state index in [-0.39, 0.29) is 0 Å². The average Bonchev–Trinajstić information content (AvgIpc) is 3.00. The zero-order chi connectivity index (χ0) is 14.1. The Bertz CT molecular complexity index is 623. The van der Waals surface area contributed by atoms with Crippen molar-refractivity contribution in [1.82, 2.24) is 5.32 Å². The quantitative estimate of drug-likeness (QED) is 0.889. The lowest BCUT2D eigenvalue weighted by Crippen LogP contribution is -2.16. The summed E-state index contributed by atoms with van der Waals surface area (Å²) >= 11 is 1.68. The standard InChI is InChI=1S/C16H17NO3S/c1-2-13(1)17-7-12-5-15-16(20-10-19-15)6-14(12)18-8-11-3-4-21-9-11/h3-6,9,13,17H,1-2,7-8,10H2. The molecule has 2 aromatic rings. The van der Waals surface area contributed by atoms with E-state index in [4.69, 9.17) is 14.2 Å². The monoisotopic (exact) mass is 303 g/mol. The van der Waals surface area contributed by atoms with Gasteiger partial charge in [-0.2, -0.15) is 11.3 Å². The first-order valence-corrected chi connectivity index (χ1v) is 8.12. The summed E-state index contributed by atoms with van der Waals surface area (Å²) in [5, 5.41) is 7.69. The first-order chi connectivity index (χ1) is 10.4. The Morgan fingerprint density at radius 2 is 2.10 bits per heavy atom. The molecule has 0 unspecified atom stereocenters.